The number of nitrogens with zero attached hydrogens (tertiary/aromatic N) is 1. The van der Waals surface area contributed by atoms with Gasteiger partial charge in [-0.15, -0.1) is 0 Å². The Labute approximate surface area is 104 Å². The average molecular weight is 259 g/mol. The summed E-state index contributed by atoms with van der Waals surface area (Å²) in [6.45, 7) is 0.213. The quantitative estimate of drug-likeness (QED) is 0.472. The molecule has 0 saturated carbocycles. The summed E-state index contributed by atoms with van der Waals surface area (Å²) in [5, 5.41) is 22.1. The molecule has 8 heteroatoms. The first-order valence-electron chi connectivity index (χ1n) is 5.61. The summed E-state index contributed by atoms with van der Waals surface area (Å²) in [5.74, 6) is -1.42. The molecule has 0 aromatic heterocycles. The SMILES string of the molecule is CN1CCC(NC(=O)N[C@H](CCO)C(=O)O)C1=O. The lowest BCUT2D eigenvalue weighted by Crippen LogP contribution is -2.51. The maximum atomic E-state index is 11.5. The first-order valence-corrected chi connectivity index (χ1v) is 5.61. The van der Waals surface area contributed by atoms with Gasteiger partial charge in [0.1, 0.15) is 12.1 Å². The number of nitrogens with one attached hydrogen (secondary N) is 2. The van der Waals surface area contributed by atoms with Gasteiger partial charge in [0.15, 0.2) is 0 Å². The Kier molecular flexibility index (Phi) is 4.90. The standard InChI is InChI=1S/C10H17N3O5/c1-13-4-2-6(8(13)15)11-10(18)12-7(3-5-14)9(16)17/h6-7,14H,2-5H2,1H3,(H,16,17)(H2,11,12,18)/t6?,7-/m1/s1. The molecule has 1 aliphatic rings. The number of aliphatic hydroxyl groups is 1. The van der Waals surface area contributed by atoms with Crippen molar-refractivity contribution in [3.05, 3.63) is 0 Å². The van der Waals surface area contributed by atoms with Crippen molar-refractivity contribution in [3.63, 3.8) is 0 Å². The van der Waals surface area contributed by atoms with E-state index in [0.717, 1.165) is 0 Å². The van der Waals surface area contributed by atoms with Crippen molar-refractivity contribution in [2.24, 2.45) is 0 Å². The zero-order valence-electron chi connectivity index (χ0n) is 10.0. The number of aliphatic carboxylic acids is 1. The van der Waals surface area contributed by atoms with E-state index in [9.17, 15) is 14.4 Å². The van der Waals surface area contributed by atoms with Gasteiger partial charge in [-0.05, 0) is 6.42 Å². The molecule has 1 unspecified atom stereocenters. The summed E-state index contributed by atoms with van der Waals surface area (Å²) in [6.07, 6.45) is 0.418. The van der Waals surface area contributed by atoms with Gasteiger partial charge in [-0.25, -0.2) is 9.59 Å². The highest BCUT2D eigenvalue weighted by Gasteiger charge is 2.31. The summed E-state index contributed by atoms with van der Waals surface area (Å²) in [6, 6.07) is -2.49. The largest absolute Gasteiger partial charge is 0.480 e. The van der Waals surface area contributed by atoms with Crippen LogP contribution in [0.3, 0.4) is 0 Å². The van der Waals surface area contributed by atoms with Crippen molar-refractivity contribution in [1.82, 2.24) is 15.5 Å². The summed E-state index contributed by atoms with van der Waals surface area (Å²) in [7, 11) is 1.63. The molecular weight excluding hydrogens is 242 g/mol. The van der Waals surface area contributed by atoms with Crippen LogP contribution < -0.4 is 10.6 Å². The van der Waals surface area contributed by atoms with E-state index in [1.165, 1.54) is 4.90 Å². The van der Waals surface area contributed by atoms with E-state index in [-0.39, 0.29) is 18.9 Å². The third-order valence-corrected chi connectivity index (χ3v) is 2.75. The molecule has 0 aromatic rings. The fourth-order valence-corrected chi connectivity index (χ4v) is 1.70. The van der Waals surface area contributed by atoms with E-state index in [4.69, 9.17) is 10.2 Å². The van der Waals surface area contributed by atoms with Crippen molar-refractivity contribution in [2.75, 3.05) is 20.2 Å². The van der Waals surface area contributed by atoms with Crippen LogP contribution in [0.25, 0.3) is 0 Å². The zero-order valence-corrected chi connectivity index (χ0v) is 10.0. The molecule has 8 nitrogen and oxygen atoms in total. The summed E-state index contributed by atoms with van der Waals surface area (Å²) < 4.78 is 0. The lowest BCUT2D eigenvalue weighted by molar-refractivity contribution is -0.139. The lowest BCUT2D eigenvalue weighted by atomic mass is 10.2. The van der Waals surface area contributed by atoms with Crippen LogP contribution in [-0.2, 0) is 9.59 Å². The van der Waals surface area contributed by atoms with Crippen molar-refractivity contribution in [3.8, 4) is 0 Å². The summed E-state index contributed by atoms with van der Waals surface area (Å²) >= 11 is 0. The van der Waals surface area contributed by atoms with Crippen LogP contribution in [0.4, 0.5) is 4.79 Å². The second-order valence-electron chi connectivity index (χ2n) is 4.12. The van der Waals surface area contributed by atoms with Gasteiger partial charge < -0.3 is 25.7 Å². The molecule has 1 rings (SSSR count). The van der Waals surface area contributed by atoms with E-state index in [1.54, 1.807) is 7.05 Å². The predicted molar refractivity (Wildman–Crippen MR) is 60.8 cm³/mol. The molecule has 0 radical (unpaired) electrons. The maximum Gasteiger partial charge on any atom is 0.326 e. The first-order chi connectivity index (χ1) is 8.45. The highest BCUT2D eigenvalue weighted by molar-refractivity contribution is 5.89. The summed E-state index contributed by atoms with van der Waals surface area (Å²) in [4.78, 5) is 35.3. The highest BCUT2D eigenvalue weighted by Crippen LogP contribution is 2.08. The highest BCUT2D eigenvalue weighted by atomic mass is 16.4. The Morgan fingerprint density at radius 3 is 2.67 bits per heavy atom. The van der Waals surface area contributed by atoms with Crippen molar-refractivity contribution < 1.29 is 24.6 Å². The molecule has 1 fully saturated rings. The lowest BCUT2D eigenvalue weighted by Gasteiger charge is -2.16. The van der Waals surface area contributed by atoms with Crippen LogP contribution in [0.5, 0.6) is 0 Å². The second kappa shape index (κ2) is 6.20. The minimum atomic E-state index is -1.23. The van der Waals surface area contributed by atoms with Crippen LogP contribution in [0, 0.1) is 0 Å². The van der Waals surface area contributed by atoms with E-state index in [0.29, 0.717) is 13.0 Å². The molecule has 102 valence electrons. The molecule has 3 amide bonds. The Morgan fingerprint density at radius 2 is 2.22 bits per heavy atom. The van der Waals surface area contributed by atoms with Crippen molar-refractivity contribution in [1.29, 1.82) is 0 Å². The third-order valence-electron chi connectivity index (χ3n) is 2.75. The zero-order chi connectivity index (χ0) is 13.7. The molecule has 0 spiro atoms. The monoisotopic (exact) mass is 259 g/mol. The number of carbonyl (C=O) groups excluding carboxylic acids is 2. The van der Waals surface area contributed by atoms with Crippen LogP contribution in [-0.4, -0.2) is 65.3 Å². The number of carboxylic acid groups (broad SMARTS) is 1. The van der Waals surface area contributed by atoms with Gasteiger partial charge in [0.25, 0.3) is 0 Å². The number of likely N-dealkylation sites (N-methyl/N-ethyl adjacent to an activating group) is 1. The molecule has 1 aliphatic heterocycles. The van der Waals surface area contributed by atoms with E-state index < -0.39 is 24.1 Å². The molecule has 18 heavy (non-hydrogen) atoms. The fourth-order valence-electron chi connectivity index (χ4n) is 1.70. The van der Waals surface area contributed by atoms with Crippen LogP contribution >= 0.6 is 0 Å². The average Bonchev–Trinajstić information content (AvgIpc) is 2.60. The smallest absolute Gasteiger partial charge is 0.326 e. The normalized spacial score (nSPS) is 20.7. The van der Waals surface area contributed by atoms with Gasteiger partial charge in [0.05, 0.1) is 0 Å². The number of carboxylic acids is 1. The van der Waals surface area contributed by atoms with Crippen molar-refractivity contribution in [2.45, 2.75) is 24.9 Å². The number of carbonyl (C=O) groups is 3. The number of likely N-dealkylation sites (tertiary alicyclic amines) is 1. The molecule has 0 aliphatic carbocycles. The van der Waals surface area contributed by atoms with Gasteiger partial charge in [-0.1, -0.05) is 0 Å². The predicted octanol–water partition coefficient (Wildman–Crippen LogP) is -1.65. The Balaban J connectivity index is 2.45. The molecule has 2 atom stereocenters. The Morgan fingerprint density at radius 1 is 1.56 bits per heavy atom. The number of urea groups is 1. The number of aliphatic hydroxyl groups excluding tert-OH is 1. The molecule has 1 heterocycles. The van der Waals surface area contributed by atoms with Crippen LogP contribution in [0.1, 0.15) is 12.8 Å². The Hall–Kier alpha value is -1.83. The van der Waals surface area contributed by atoms with E-state index in [2.05, 4.69) is 10.6 Å². The number of hydrogen-bond acceptors (Lipinski definition) is 4. The molecule has 1 saturated heterocycles. The Bertz CT molecular complexity index is 338. The van der Waals surface area contributed by atoms with Crippen LogP contribution in [0.15, 0.2) is 0 Å². The molecular formula is C10H17N3O5. The van der Waals surface area contributed by atoms with Gasteiger partial charge in [-0.3, -0.25) is 4.79 Å². The number of rotatable bonds is 5. The maximum absolute atomic E-state index is 11.5. The van der Waals surface area contributed by atoms with Crippen molar-refractivity contribution >= 4 is 17.9 Å². The fraction of sp³-hybridized carbons (Fsp3) is 0.700. The number of amides is 3. The van der Waals surface area contributed by atoms with E-state index >= 15 is 0 Å². The number of hydrogen-bond donors (Lipinski definition) is 4. The molecule has 0 bridgehead atoms. The molecule has 0 aromatic carbocycles. The first kappa shape index (κ1) is 14.2. The van der Waals surface area contributed by atoms with E-state index in [1.807, 2.05) is 0 Å². The second-order valence-corrected chi connectivity index (χ2v) is 4.12. The van der Waals surface area contributed by atoms with Gasteiger partial charge in [0, 0.05) is 26.6 Å². The topological polar surface area (TPSA) is 119 Å². The minimum absolute atomic E-state index is 0.0821. The van der Waals surface area contributed by atoms with Crippen LogP contribution in [0.2, 0.25) is 0 Å². The van der Waals surface area contributed by atoms with Gasteiger partial charge in [0.2, 0.25) is 5.91 Å². The van der Waals surface area contributed by atoms with Gasteiger partial charge >= 0.3 is 12.0 Å². The summed E-state index contributed by atoms with van der Waals surface area (Å²) in [5.41, 5.74) is 0. The minimum Gasteiger partial charge on any atom is -0.480 e. The van der Waals surface area contributed by atoms with Gasteiger partial charge in [-0.2, -0.15) is 0 Å². The molecule has 4 N–H and O–H groups in total. The third kappa shape index (κ3) is 3.59.